The summed E-state index contributed by atoms with van der Waals surface area (Å²) in [4.78, 5) is 0. The van der Waals surface area contributed by atoms with E-state index in [1.807, 2.05) is 0 Å². The van der Waals surface area contributed by atoms with E-state index in [4.69, 9.17) is 35.3 Å². The Morgan fingerprint density at radius 1 is 0.667 bits per heavy atom. The minimum Gasteiger partial charge on any atom is -0.221 e. The van der Waals surface area contributed by atoms with Crippen molar-refractivity contribution in [3.63, 3.8) is 0 Å². The van der Waals surface area contributed by atoms with E-state index in [1.54, 1.807) is 0 Å². The molecular formula is Cl3N3O3S3. The highest BCUT2D eigenvalue weighted by Gasteiger charge is 2.42. The molecule has 0 amide bonds. The molecule has 72 valence electrons. The molecule has 1 aliphatic heterocycles. The average Bonchev–Trinajstić information content (AvgIpc) is 2.08. The second kappa shape index (κ2) is 4.15. The molecule has 0 aromatic rings. The average molecular weight is 293 g/mol. The van der Waals surface area contributed by atoms with Gasteiger partial charge in [0.15, 0.2) is 0 Å². The fourth-order valence-corrected chi connectivity index (χ4v) is 5.56. The lowest BCUT2D eigenvalue weighted by molar-refractivity contribution is 0.609. The Morgan fingerprint density at radius 2 is 0.833 bits per heavy atom. The van der Waals surface area contributed by atoms with Crippen molar-refractivity contribution in [2.45, 2.75) is 0 Å². The maximum absolute atomic E-state index is 10.9. The maximum atomic E-state index is 10.9. The fourth-order valence-electron chi connectivity index (χ4n) is 0.315. The summed E-state index contributed by atoms with van der Waals surface area (Å²) in [6, 6.07) is 0. The highest BCUT2D eigenvalue weighted by atomic mass is 35.5. The van der Waals surface area contributed by atoms with Gasteiger partial charge in [-0.1, -0.05) is 0 Å². The molecule has 6 nitrogen and oxygen atoms in total. The van der Waals surface area contributed by atoms with Gasteiger partial charge in [-0.15, -0.1) is 0 Å². The molecule has 1 aliphatic rings. The molecule has 0 bridgehead atoms. The molecule has 1 rings (SSSR count). The Bertz CT molecular complexity index is 208. The van der Waals surface area contributed by atoms with E-state index in [1.165, 1.54) is 0 Å². The molecule has 1 heterocycles. The third kappa shape index (κ3) is 1.83. The molecule has 0 saturated carbocycles. The van der Waals surface area contributed by atoms with Gasteiger partial charge in [0.1, 0.15) is 0 Å². The van der Waals surface area contributed by atoms with Crippen LogP contribution in [0.5, 0.6) is 0 Å². The Labute approximate surface area is 90.8 Å². The molecule has 0 atom stereocenters. The molecule has 1 saturated heterocycles. The number of halogens is 3. The minimum atomic E-state index is -2.14. The molecule has 1 fully saturated rings. The molecule has 0 spiro atoms. The van der Waals surface area contributed by atoms with Crippen molar-refractivity contribution in [3.05, 3.63) is 0 Å². The zero-order valence-electron chi connectivity index (χ0n) is 4.93. The monoisotopic (exact) mass is 291 g/mol. The van der Waals surface area contributed by atoms with E-state index in [-0.39, 0.29) is 0 Å². The van der Waals surface area contributed by atoms with Crippen LogP contribution >= 0.6 is 35.3 Å². The van der Waals surface area contributed by atoms with Crippen molar-refractivity contribution >= 4 is 68.8 Å². The van der Waals surface area contributed by atoms with Crippen LogP contribution in [0.3, 0.4) is 0 Å². The molecule has 0 unspecified atom stereocenters. The Morgan fingerprint density at radius 3 is 1.00 bits per heavy atom. The van der Waals surface area contributed by atoms with Crippen LogP contribution in [0.25, 0.3) is 0 Å². The first kappa shape index (κ1) is 11.3. The molecule has 12 heteroatoms. The molecule has 0 aromatic heterocycles. The van der Waals surface area contributed by atoms with E-state index in [9.17, 15) is 12.6 Å². The van der Waals surface area contributed by atoms with Gasteiger partial charge in [0.2, 0.25) is 33.5 Å². The minimum absolute atomic E-state index is 0.335. The highest BCUT2D eigenvalue weighted by Crippen LogP contribution is 2.26. The van der Waals surface area contributed by atoms with Gasteiger partial charge in [-0.05, 0) is 9.69 Å². The van der Waals surface area contributed by atoms with E-state index in [0.717, 1.165) is 0 Å². The van der Waals surface area contributed by atoms with E-state index in [0.29, 0.717) is 9.69 Å². The third-order valence-electron chi connectivity index (χ3n) is 0.737. The van der Waals surface area contributed by atoms with Gasteiger partial charge in [0, 0.05) is 35.3 Å². The lowest BCUT2D eigenvalue weighted by Crippen LogP contribution is -2.45. The van der Waals surface area contributed by atoms with Gasteiger partial charge in [-0.2, -0.15) is 0 Å². The van der Waals surface area contributed by atoms with Crippen molar-refractivity contribution in [1.29, 1.82) is 0 Å². The highest BCUT2D eigenvalue weighted by molar-refractivity contribution is 8.12. The van der Waals surface area contributed by atoms with Crippen molar-refractivity contribution in [2.24, 2.45) is 0 Å². The van der Waals surface area contributed by atoms with Gasteiger partial charge < -0.3 is 0 Å². The number of nitrogens with zero attached hydrogens (tertiary/aromatic N) is 3. The summed E-state index contributed by atoms with van der Waals surface area (Å²) in [6.45, 7) is 0. The first-order valence-corrected chi connectivity index (χ1v) is 6.31. The first-order valence-electron chi connectivity index (χ1n) is 2.10. The van der Waals surface area contributed by atoms with Crippen LogP contribution in [0, 0.1) is 0 Å². The Hall–Kier alpha value is 1.20. The summed E-state index contributed by atoms with van der Waals surface area (Å²) >= 11 is 9.24. The van der Waals surface area contributed by atoms with Crippen LogP contribution in [0.2, 0.25) is 0 Å². The van der Waals surface area contributed by atoms with Crippen molar-refractivity contribution in [2.75, 3.05) is 0 Å². The summed E-state index contributed by atoms with van der Waals surface area (Å²) in [5, 5.41) is 0. The van der Waals surface area contributed by atoms with Crippen LogP contribution in [0.4, 0.5) is 0 Å². The molecular weight excluding hydrogens is 293 g/mol. The normalized spacial score (nSPS) is 41.8. The summed E-state index contributed by atoms with van der Waals surface area (Å²) < 4.78 is 33.8. The zero-order valence-corrected chi connectivity index (χ0v) is 9.64. The largest absolute Gasteiger partial charge is 0.229 e. The quantitative estimate of drug-likeness (QED) is 0.595. The second-order valence-electron chi connectivity index (χ2n) is 1.33. The number of hydrogen-bond acceptors (Lipinski definition) is 3. The first-order chi connectivity index (χ1) is 5.46. The summed E-state index contributed by atoms with van der Waals surface area (Å²) in [7, 11) is 0. The smallest absolute Gasteiger partial charge is 0.221 e. The summed E-state index contributed by atoms with van der Waals surface area (Å²) in [5.41, 5.74) is 0. The predicted octanol–water partition coefficient (Wildman–Crippen LogP) is 0.103. The van der Waals surface area contributed by atoms with E-state index < -0.39 is 33.5 Å². The van der Waals surface area contributed by atoms with Gasteiger partial charge in [-0.25, -0.2) is 12.6 Å². The molecule has 0 N–H and O–H groups in total. The van der Waals surface area contributed by atoms with Crippen molar-refractivity contribution < 1.29 is 12.6 Å². The topological polar surface area (TPSA) is 60.9 Å². The number of rotatable bonds is 0. The molecule has 0 aromatic carbocycles. The maximum Gasteiger partial charge on any atom is 0.229 e. The van der Waals surface area contributed by atoms with Crippen LogP contribution < -0.4 is 0 Å². The molecule has 0 aliphatic carbocycles. The summed E-state index contributed by atoms with van der Waals surface area (Å²) in [5.74, 6) is 0. The van der Waals surface area contributed by atoms with Crippen LogP contribution in [0.1, 0.15) is 0 Å². The van der Waals surface area contributed by atoms with E-state index >= 15 is 0 Å². The third-order valence-corrected chi connectivity index (χ3v) is 6.63. The zero-order chi connectivity index (χ0) is 9.46. The standard InChI is InChI=1S/Cl3N3O3S3/c1-4-10(7)5(2)12(9)6(3)11(4)8. The fraction of sp³-hybridized carbons (Fsp3) is 0. The van der Waals surface area contributed by atoms with Crippen LogP contribution in [-0.2, 0) is 33.5 Å². The Kier molecular flexibility index (Phi) is 3.90. The number of hydrogen-bond donors (Lipinski definition) is 0. The van der Waals surface area contributed by atoms with E-state index in [2.05, 4.69) is 0 Å². The Balaban J connectivity index is 2.99. The SMILES string of the molecule is O=S1N(Cl)S(=O)N(Cl)S(=O)N1Cl. The van der Waals surface area contributed by atoms with Crippen molar-refractivity contribution in [1.82, 2.24) is 9.69 Å². The van der Waals surface area contributed by atoms with Crippen molar-refractivity contribution in [3.8, 4) is 0 Å². The van der Waals surface area contributed by atoms with Crippen LogP contribution in [0.15, 0.2) is 0 Å². The van der Waals surface area contributed by atoms with Gasteiger partial charge in [-0.3, -0.25) is 0 Å². The van der Waals surface area contributed by atoms with Gasteiger partial charge in [0.25, 0.3) is 0 Å². The lowest BCUT2D eigenvalue weighted by Gasteiger charge is -2.25. The van der Waals surface area contributed by atoms with Crippen LogP contribution in [-0.4, -0.2) is 22.3 Å². The predicted molar refractivity (Wildman–Crippen MR) is 47.5 cm³/mol. The summed E-state index contributed by atoms with van der Waals surface area (Å²) in [6.07, 6.45) is 0. The lowest BCUT2D eigenvalue weighted by atomic mass is 13.7. The molecule has 12 heavy (non-hydrogen) atoms. The molecule has 0 radical (unpaired) electrons. The second-order valence-corrected chi connectivity index (χ2v) is 7.82. The van der Waals surface area contributed by atoms with Gasteiger partial charge in [0.05, 0.1) is 0 Å². The van der Waals surface area contributed by atoms with Gasteiger partial charge >= 0.3 is 0 Å².